The second kappa shape index (κ2) is 7.33. The SMILES string of the molecule is Cn1c(C(=O)c2ccccc2C2SCCCS2)cc(=O)c2ccccc21. The van der Waals surface area contributed by atoms with Crippen LogP contribution in [0.25, 0.3) is 10.9 Å². The Kier molecular flexibility index (Phi) is 4.92. The van der Waals surface area contributed by atoms with E-state index in [9.17, 15) is 9.59 Å². The Balaban J connectivity index is 1.83. The molecule has 0 unspecified atom stereocenters. The van der Waals surface area contributed by atoms with Crippen LogP contribution in [0.5, 0.6) is 0 Å². The van der Waals surface area contributed by atoms with Gasteiger partial charge in [0.15, 0.2) is 5.43 Å². The lowest BCUT2D eigenvalue weighted by Crippen LogP contribution is -2.18. The van der Waals surface area contributed by atoms with Crippen LogP contribution in [0, 0.1) is 0 Å². The van der Waals surface area contributed by atoms with Crippen molar-refractivity contribution < 1.29 is 4.79 Å². The van der Waals surface area contributed by atoms with Gasteiger partial charge in [-0.05, 0) is 35.6 Å². The minimum absolute atomic E-state index is 0.0854. The first-order chi connectivity index (χ1) is 12.7. The molecular formula is C21H19NO2S2. The number of rotatable bonds is 3. The van der Waals surface area contributed by atoms with Gasteiger partial charge in [0.05, 0.1) is 15.8 Å². The van der Waals surface area contributed by atoms with Crippen LogP contribution in [-0.4, -0.2) is 21.9 Å². The third-order valence-corrected chi connectivity index (χ3v) is 7.66. The van der Waals surface area contributed by atoms with Crippen LogP contribution < -0.4 is 5.43 Å². The molecule has 4 rings (SSSR count). The van der Waals surface area contributed by atoms with Crippen molar-refractivity contribution in [3.63, 3.8) is 0 Å². The molecule has 1 aliphatic rings. The molecule has 0 radical (unpaired) electrons. The lowest BCUT2D eigenvalue weighted by molar-refractivity contribution is 0.103. The summed E-state index contributed by atoms with van der Waals surface area (Å²) in [5.74, 6) is 2.15. The molecule has 0 N–H and O–H groups in total. The number of carbonyl (C=O) groups excluding carboxylic acids is 1. The number of hydrogen-bond donors (Lipinski definition) is 0. The summed E-state index contributed by atoms with van der Waals surface area (Å²) < 4.78 is 2.11. The smallest absolute Gasteiger partial charge is 0.209 e. The number of hydrogen-bond acceptors (Lipinski definition) is 4. The topological polar surface area (TPSA) is 39.1 Å². The molecule has 2 aromatic carbocycles. The summed E-state index contributed by atoms with van der Waals surface area (Å²) in [5.41, 5.74) is 2.87. The minimum atomic E-state index is -0.110. The summed E-state index contributed by atoms with van der Waals surface area (Å²) >= 11 is 3.79. The van der Waals surface area contributed by atoms with Crippen LogP contribution in [0.4, 0.5) is 0 Å². The van der Waals surface area contributed by atoms with E-state index in [0.717, 1.165) is 22.6 Å². The molecule has 1 aromatic heterocycles. The fourth-order valence-electron chi connectivity index (χ4n) is 3.34. The van der Waals surface area contributed by atoms with E-state index in [4.69, 9.17) is 0 Å². The van der Waals surface area contributed by atoms with E-state index >= 15 is 0 Å². The Hall–Kier alpha value is -1.98. The van der Waals surface area contributed by atoms with Gasteiger partial charge in [-0.1, -0.05) is 36.4 Å². The van der Waals surface area contributed by atoms with Crippen LogP contribution in [0.3, 0.4) is 0 Å². The minimum Gasteiger partial charge on any atom is -0.341 e. The molecule has 132 valence electrons. The van der Waals surface area contributed by atoms with E-state index < -0.39 is 0 Å². The summed E-state index contributed by atoms with van der Waals surface area (Å²) in [6.07, 6.45) is 1.21. The Morgan fingerprint density at radius 2 is 1.73 bits per heavy atom. The zero-order valence-electron chi connectivity index (χ0n) is 14.5. The molecule has 2 heterocycles. The number of aryl methyl sites for hydroxylation is 1. The Bertz CT molecular complexity index is 1040. The molecule has 0 spiro atoms. The first kappa shape index (κ1) is 17.4. The molecule has 3 aromatic rings. The summed E-state index contributed by atoms with van der Waals surface area (Å²) in [6.45, 7) is 0. The quantitative estimate of drug-likeness (QED) is 0.620. The Morgan fingerprint density at radius 1 is 1.04 bits per heavy atom. The summed E-state index contributed by atoms with van der Waals surface area (Å²) in [4.78, 5) is 25.8. The second-order valence-corrected chi connectivity index (χ2v) is 9.04. The zero-order valence-corrected chi connectivity index (χ0v) is 16.1. The highest BCUT2D eigenvalue weighted by molar-refractivity contribution is 8.16. The molecule has 26 heavy (non-hydrogen) atoms. The molecule has 0 bridgehead atoms. The standard InChI is InChI=1S/C21H19NO2S2/c1-22-17-10-5-4-9-16(17)19(23)13-18(22)20(24)14-7-2-3-8-15(14)21-25-11-6-12-26-21/h2-5,7-10,13,21H,6,11-12H2,1H3. The lowest BCUT2D eigenvalue weighted by atomic mass is 10.0. The number of carbonyl (C=O) groups is 1. The van der Waals surface area contributed by atoms with Gasteiger partial charge in [0, 0.05) is 24.1 Å². The van der Waals surface area contributed by atoms with E-state index in [1.54, 1.807) is 6.07 Å². The predicted molar refractivity (Wildman–Crippen MR) is 111 cm³/mol. The van der Waals surface area contributed by atoms with Crippen molar-refractivity contribution in [2.75, 3.05) is 11.5 Å². The van der Waals surface area contributed by atoms with Crippen molar-refractivity contribution in [3.05, 3.63) is 81.6 Å². The molecule has 0 aliphatic carbocycles. The normalized spacial score (nSPS) is 15.3. The molecule has 1 aliphatic heterocycles. The molecule has 1 fully saturated rings. The maximum Gasteiger partial charge on any atom is 0.209 e. The van der Waals surface area contributed by atoms with Crippen molar-refractivity contribution in [3.8, 4) is 0 Å². The van der Waals surface area contributed by atoms with Gasteiger partial charge in [-0.2, -0.15) is 0 Å². The number of aromatic nitrogens is 1. The maximum absolute atomic E-state index is 13.3. The van der Waals surface area contributed by atoms with E-state index in [0.29, 0.717) is 16.6 Å². The van der Waals surface area contributed by atoms with Crippen molar-refractivity contribution in [1.29, 1.82) is 0 Å². The van der Waals surface area contributed by atoms with Crippen LogP contribution in [0.1, 0.15) is 32.6 Å². The zero-order chi connectivity index (χ0) is 18.1. The van der Waals surface area contributed by atoms with E-state index in [2.05, 4.69) is 0 Å². The van der Waals surface area contributed by atoms with Gasteiger partial charge < -0.3 is 4.57 Å². The highest BCUT2D eigenvalue weighted by atomic mass is 32.2. The van der Waals surface area contributed by atoms with Crippen LogP contribution in [-0.2, 0) is 7.05 Å². The average Bonchev–Trinajstić information content (AvgIpc) is 2.71. The lowest BCUT2D eigenvalue weighted by Gasteiger charge is -2.23. The first-order valence-electron chi connectivity index (χ1n) is 8.62. The number of thioether (sulfide) groups is 2. The summed E-state index contributed by atoms with van der Waals surface area (Å²) in [7, 11) is 1.85. The van der Waals surface area contributed by atoms with Gasteiger partial charge in [0.2, 0.25) is 5.78 Å². The van der Waals surface area contributed by atoms with Crippen LogP contribution in [0.2, 0.25) is 0 Å². The third-order valence-electron chi connectivity index (χ3n) is 4.68. The molecule has 5 heteroatoms. The number of benzene rings is 2. The largest absolute Gasteiger partial charge is 0.341 e. The molecule has 1 saturated heterocycles. The van der Waals surface area contributed by atoms with Crippen molar-refractivity contribution in [2.24, 2.45) is 7.05 Å². The summed E-state index contributed by atoms with van der Waals surface area (Å²) in [5, 5.41) is 0.637. The fourth-order valence-corrected chi connectivity index (χ4v) is 6.30. The van der Waals surface area contributed by atoms with E-state index in [1.807, 2.05) is 77.6 Å². The summed E-state index contributed by atoms with van der Waals surface area (Å²) in [6, 6.07) is 16.7. The molecule has 3 nitrogen and oxygen atoms in total. The number of ketones is 1. The van der Waals surface area contributed by atoms with Crippen LogP contribution >= 0.6 is 23.5 Å². The Labute approximate surface area is 160 Å². The van der Waals surface area contributed by atoms with Gasteiger partial charge in [0.1, 0.15) is 0 Å². The molecule has 0 amide bonds. The number of fused-ring (bicyclic) bond motifs is 1. The Morgan fingerprint density at radius 3 is 2.54 bits per heavy atom. The van der Waals surface area contributed by atoms with Gasteiger partial charge in [-0.15, -0.1) is 23.5 Å². The van der Waals surface area contributed by atoms with Gasteiger partial charge >= 0.3 is 0 Å². The highest BCUT2D eigenvalue weighted by Gasteiger charge is 2.24. The maximum atomic E-state index is 13.3. The van der Waals surface area contributed by atoms with Crippen molar-refractivity contribution in [1.82, 2.24) is 4.57 Å². The molecule has 0 saturated carbocycles. The van der Waals surface area contributed by atoms with Gasteiger partial charge in [-0.25, -0.2) is 0 Å². The molecular weight excluding hydrogens is 362 g/mol. The highest BCUT2D eigenvalue weighted by Crippen LogP contribution is 2.45. The van der Waals surface area contributed by atoms with E-state index in [-0.39, 0.29) is 15.8 Å². The van der Waals surface area contributed by atoms with Crippen LogP contribution in [0.15, 0.2) is 59.4 Å². The van der Waals surface area contributed by atoms with Gasteiger partial charge in [-0.3, -0.25) is 9.59 Å². The monoisotopic (exact) mass is 381 g/mol. The predicted octanol–water partition coefficient (Wildman–Crippen LogP) is 4.64. The average molecular weight is 382 g/mol. The number of para-hydroxylation sites is 1. The van der Waals surface area contributed by atoms with Gasteiger partial charge in [0.25, 0.3) is 0 Å². The number of nitrogens with zero attached hydrogens (tertiary/aromatic N) is 1. The van der Waals surface area contributed by atoms with Crippen molar-refractivity contribution in [2.45, 2.75) is 11.0 Å². The fraction of sp³-hybridized carbons (Fsp3) is 0.238. The first-order valence-corrected chi connectivity index (χ1v) is 10.7. The molecule has 0 atom stereocenters. The van der Waals surface area contributed by atoms with Crippen molar-refractivity contribution >= 4 is 40.2 Å². The second-order valence-electron chi connectivity index (χ2n) is 6.31. The number of pyridine rings is 1. The third kappa shape index (κ3) is 3.10. The van der Waals surface area contributed by atoms with E-state index in [1.165, 1.54) is 12.5 Å².